The molecule has 0 bridgehead atoms. The van der Waals surface area contributed by atoms with E-state index in [9.17, 15) is 8.42 Å². The van der Waals surface area contributed by atoms with Crippen LogP contribution in [-0.4, -0.2) is 46.0 Å². The van der Waals surface area contributed by atoms with Gasteiger partial charge >= 0.3 is 0 Å². The summed E-state index contributed by atoms with van der Waals surface area (Å²) in [6.07, 6.45) is 0. The van der Waals surface area contributed by atoms with E-state index in [1.165, 1.54) is 0 Å². The second-order valence-corrected chi connectivity index (χ2v) is 7.52. The number of hydrogen-bond acceptors (Lipinski definition) is 4. The summed E-state index contributed by atoms with van der Waals surface area (Å²) < 4.78 is 32.1. The smallest absolute Gasteiger partial charge is 0.243 e. The molecule has 2 heterocycles. The van der Waals surface area contributed by atoms with Crippen LogP contribution in [0.25, 0.3) is 0 Å². The zero-order valence-electron chi connectivity index (χ0n) is 12.0. The molecule has 21 heavy (non-hydrogen) atoms. The van der Waals surface area contributed by atoms with Crippen molar-refractivity contribution in [1.29, 1.82) is 0 Å². The molecule has 0 amide bonds. The van der Waals surface area contributed by atoms with Gasteiger partial charge in [-0.05, 0) is 42.6 Å². The molecule has 0 radical (unpaired) electrons. The molecule has 0 aliphatic carbocycles. The maximum absolute atomic E-state index is 12.7. The van der Waals surface area contributed by atoms with Crippen molar-refractivity contribution in [2.45, 2.75) is 11.5 Å². The molecule has 1 N–H and O–H groups in total. The van der Waals surface area contributed by atoms with Crippen LogP contribution in [-0.2, 0) is 21.4 Å². The maximum Gasteiger partial charge on any atom is 0.243 e. The summed E-state index contributed by atoms with van der Waals surface area (Å²) in [6, 6.07) is 7.04. The van der Waals surface area contributed by atoms with E-state index >= 15 is 0 Å². The van der Waals surface area contributed by atoms with E-state index in [1.54, 1.807) is 29.6 Å². The van der Waals surface area contributed by atoms with Crippen molar-refractivity contribution < 1.29 is 13.2 Å². The fourth-order valence-corrected chi connectivity index (χ4v) is 4.74. The van der Waals surface area contributed by atoms with Crippen LogP contribution in [0.3, 0.4) is 0 Å². The summed E-state index contributed by atoms with van der Waals surface area (Å²) in [5.74, 6) is 0.930. The van der Waals surface area contributed by atoms with Gasteiger partial charge in [0.05, 0.1) is 11.5 Å². The van der Waals surface area contributed by atoms with Gasteiger partial charge in [-0.25, -0.2) is 8.42 Å². The van der Waals surface area contributed by atoms with Crippen molar-refractivity contribution in [2.24, 2.45) is 11.8 Å². The summed E-state index contributed by atoms with van der Waals surface area (Å²) in [4.78, 5) is 0.375. The highest BCUT2D eigenvalue weighted by atomic mass is 35.5. The van der Waals surface area contributed by atoms with E-state index in [2.05, 4.69) is 5.32 Å². The SMILES string of the molecule is COCc1cccc(S(=O)(=O)N2C[C@H]3CNC[C@H]3C2)c1.Cl. The highest BCUT2D eigenvalue weighted by Crippen LogP contribution is 2.30. The summed E-state index contributed by atoms with van der Waals surface area (Å²) in [5.41, 5.74) is 0.884. The molecule has 0 unspecified atom stereocenters. The van der Waals surface area contributed by atoms with Gasteiger partial charge in [0.15, 0.2) is 0 Å². The Morgan fingerprint density at radius 3 is 2.57 bits per heavy atom. The molecular formula is C14H21ClN2O3S. The molecule has 2 aliphatic heterocycles. The normalized spacial score (nSPS) is 25.6. The van der Waals surface area contributed by atoms with E-state index in [0.29, 0.717) is 36.4 Å². The third kappa shape index (κ3) is 3.24. The lowest BCUT2D eigenvalue weighted by molar-refractivity contribution is 0.184. The molecule has 1 aromatic carbocycles. The Hall–Kier alpha value is -0.660. The van der Waals surface area contributed by atoms with E-state index in [-0.39, 0.29) is 12.4 Å². The number of rotatable bonds is 4. The minimum Gasteiger partial charge on any atom is -0.380 e. The lowest BCUT2D eigenvalue weighted by Gasteiger charge is -2.18. The molecule has 2 atom stereocenters. The topological polar surface area (TPSA) is 58.6 Å². The van der Waals surface area contributed by atoms with Crippen molar-refractivity contribution in [1.82, 2.24) is 9.62 Å². The number of halogens is 1. The van der Waals surface area contributed by atoms with Crippen molar-refractivity contribution in [3.05, 3.63) is 29.8 Å². The average molecular weight is 333 g/mol. The van der Waals surface area contributed by atoms with Crippen molar-refractivity contribution in [2.75, 3.05) is 33.3 Å². The predicted molar refractivity (Wildman–Crippen MR) is 83.0 cm³/mol. The molecule has 118 valence electrons. The van der Waals surface area contributed by atoms with E-state index in [1.807, 2.05) is 6.07 Å². The molecule has 5 nitrogen and oxygen atoms in total. The number of fused-ring (bicyclic) bond motifs is 1. The first-order valence-electron chi connectivity index (χ1n) is 6.90. The molecule has 0 aromatic heterocycles. The fourth-order valence-electron chi connectivity index (χ4n) is 3.12. The summed E-state index contributed by atoms with van der Waals surface area (Å²) >= 11 is 0. The zero-order chi connectivity index (χ0) is 14.2. The van der Waals surface area contributed by atoms with Gasteiger partial charge in [0.2, 0.25) is 10.0 Å². The number of ether oxygens (including phenoxy) is 1. The van der Waals surface area contributed by atoms with Crippen molar-refractivity contribution >= 4 is 22.4 Å². The van der Waals surface area contributed by atoms with Gasteiger partial charge in [-0.3, -0.25) is 0 Å². The molecule has 0 saturated carbocycles. The van der Waals surface area contributed by atoms with Gasteiger partial charge in [-0.15, -0.1) is 12.4 Å². The minimum atomic E-state index is -3.37. The summed E-state index contributed by atoms with van der Waals surface area (Å²) in [5, 5.41) is 3.32. The molecule has 2 aliphatic rings. The molecule has 1 aromatic rings. The predicted octanol–water partition coefficient (Wildman–Crippen LogP) is 1.09. The number of nitrogens with zero attached hydrogens (tertiary/aromatic N) is 1. The third-order valence-corrected chi connectivity index (χ3v) is 6.03. The highest BCUT2D eigenvalue weighted by molar-refractivity contribution is 7.89. The summed E-state index contributed by atoms with van der Waals surface area (Å²) in [6.45, 7) is 3.56. The summed E-state index contributed by atoms with van der Waals surface area (Å²) in [7, 11) is -1.76. The lowest BCUT2D eigenvalue weighted by Crippen LogP contribution is -2.32. The van der Waals surface area contributed by atoms with Crippen molar-refractivity contribution in [3.8, 4) is 0 Å². The standard InChI is InChI=1S/C14H20N2O3S.ClH/c1-19-10-11-3-2-4-14(5-11)20(17,18)16-8-12-6-15-7-13(12)9-16;/h2-5,12-13,15H,6-10H2,1H3;1H/t12-,13+;. The quantitative estimate of drug-likeness (QED) is 0.897. The van der Waals surface area contributed by atoms with Gasteiger partial charge in [0.1, 0.15) is 0 Å². The van der Waals surface area contributed by atoms with Gasteiger partial charge in [0.25, 0.3) is 0 Å². The van der Waals surface area contributed by atoms with Crippen LogP contribution in [0.15, 0.2) is 29.2 Å². The van der Waals surface area contributed by atoms with Crippen molar-refractivity contribution in [3.63, 3.8) is 0 Å². The van der Waals surface area contributed by atoms with Crippen LogP contribution < -0.4 is 5.32 Å². The van der Waals surface area contributed by atoms with E-state index in [0.717, 1.165) is 18.7 Å². The Morgan fingerprint density at radius 2 is 1.95 bits per heavy atom. The van der Waals surface area contributed by atoms with Gasteiger partial charge < -0.3 is 10.1 Å². The fraction of sp³-hybridized carbons (Fsp3) is 0.571. The van der Waals surface area contributed by atoms with Gasteiger partial charge in [-0.2, -0.15) is 4.31 Å². The zero-order valence-corrected chi connectivity index (χ0v) is 13.6. The van der Waals surface area contributed by atoms with E-state index < -0.39 is 10.0 Å². The molecule has 2 saturated heterocycles. The Balaban J connectivity index is 0.00000161. The van der Waals surface area contributed by atoms with Crippen LogP contribution in [0.5, 0.6) is 0 Å². The van der Waals surface area contributed by atoms with Crippen LogP contribution in [0.4, 0.5) is 0 Å². The molecule has 3 rings (SSSR count). The van der Waals surface area contributed by atoms with E-state index in [4.69, 9.17) is 4.74 Å². The number of methoxy groups -OCH3 is 1. The highest BCUT2D eigenvalue weighted by Gasteiger charge is 2.41. The molecule has 7 heteroatoms. The van der Waals surface area contributed by atoms with Crippen LogP contribution in [0.2, 0.25) is 0 Å². The largest absolute Gasteiger partial charge is 0.380 e. The Morgan fingerprint density at radius 1 is 1.29 bits per heavy atom. The van der Waals surface area contributed by atoms with Gasteiger partial charge in [-0.1, -0.05) is 12.1 Å². The number of benzene rings is 1. The second kappa shape index (κ2) is 6.62. The first-order valence-corrected chi connectivity index (χ1v) is 8.34. The number of nitrogens with one attached hydrogen (secondary N) is 1. The minimum absolute atomic E-state index is 0. The van der Waals surface area contributed by atoms with Crippen LogP contribution in [0.1, 0.15) is 5.56 Å². The first kappa shape index (κ1) is 16.7. The first-order chi connectivity index (χ1) is 9.61. The molecular weight excluding hydrogens is 312 g/mol. The Labute approximate surface area is 132 Å². The average Bonchev–Trinajstić information content (AvgIpc) is 3.00. The van der Waals surface area contributed by atoms with Gasteiger partial charge in [0, 0.05) is 20.2 Å². The lowest BCUT2D eigenvalue weighted by atomic mass is 10.0. The van der Waals surface area contributed by atoms with Crippen LogP contribution in [0, 0.1) is 11.8 Å². The molecule has 0 spiro atoms. The van der Waals surface area contributed by atoms with Crippen LogP contribution >= 0.6 is 12.4 Å². The number of sulfonamides is 1. The maximum atomic E-state index is 12.7. The monoisotopic (exact) mass is 332 g/mol. The third-order valence-electron chi connectivity index (χ3n) is 4.20. The molecule has 2 fully saturated rings. The Bertz CT molecular complexity index is 582. The Kier molecular flexibility index (Phi) is 5.27. The number of hydrogen-bond donors (Lipinski definition) is 1. The second-order valence-electron chi connectivity index (χ2n) is 5.58.